The highest BCUT2D eigenvalue weighted by atomic mass is 16.5. The fraction of sp³-hybridized carbons (Fsp3) is 0.368. The lowest BCUT2D eigenvalue weighted by molar-refractivity contribution is 0.0680. The Hall–Kier alpha value is -2.60. The van der Waals surface area contributed by atoms with Crippen LogP contribution in [-0.4, -0.2) is 30.3 Å². The van der Waals surface area contributed by atoms with E-state index in [0.717, 1.165) is 25.0 Å². The van der Waals surface area contributed by atoms with Crippen molar-refractivity contribution < 1.29 is 14.3 Å². The van der Waals surface area contributed by atoms with E-state index in [2.05, 4.69) is 15.6 Å². The van der Waals surface area contributed by atoms with Crippen molar-refractivity contribution >= 4 is 11.7 Å². The molecule has 132 valence electrons. The minimum atomic E-state index is -0.271. The number of nitrogens with zero attached hydrogens (tertiary/aromatic N) is 1. The highest BCUT2D eigenvalue weighted by molar-refractivity contribution is 5.89. The average Bonchev–Trinajstić information content (AvgIpc) is 3.14. The van der Waals surface area contributed by atoms with Crippen LogP contribution in [0.25, 0.3) is 0 Å². The molecular weight excluding hydrogens is 318 g/mol. The molecule has 25 heavy (non-hydrogen) atoms. The predicted octanol–water partition coefficient (Wildman–Crippen LogP) is 3.52. The van der Waals surface area contributed by atoms with E-state index in [4.69, 9.17) is 9.47 Å². The molecule has 0 radical (unpaired) electrons. The summed E-state index contributed by atoms with van der Waals surface area (Å²) in [5.41, 5.74) is 1.63. The second-order valence-electron chi connectivity index (χ2n) is 6.08. The van der Waals surface area contributed by atoms with E-state index in [9.17, 15) is 4.79 Å². The van der Waals surface area contributed by atoms with Gasteiger partial charge in [0.05, 0.1) is 12.1 Å². The summed E-state index contributed by atoms with van der Waals surface area (Å²) >= 11 is 0. The van der Waals surface area contributed by atoms with Gasteiger partial charge >= 0.3 is 6.03 Å². The Kier molecular flexibility index (Phi) is 5.85. The van der Waals surface area contributed by atoms with Gasteiger partial charge in [0, 0.05) is 30.8 Å². The molecule has 2 heterocycles. The summed E-state index contributed by atoms with van der Waals surface area (Å²) in [4.78, 5) is 16.2. The standard InChI is InChI=1S/C19H23N3O3/c1-14(15-5-3-9-20-12-15)21-19(23)22-16-6-2-7-17(11-16)25-13-18-8-4-10-24-18/h2-3,5-7,9,11-12,14,18H,4,8,10,13H2,1H3,(H2,21,22,23)/t14-,18+/m0/s1. The molecule has 0 bridgehead atoms. The molecule has 1 fully saturated rings. The number of anilines is 1. The third-order valence-corrected chi connectivity index (χ3v) is 4.08. The number of amides is 2. The van der Waals surface area contributed by atoms with E-state index in [1.807, 2.05) is 43.3 Å². The Labute approximate surface area is 147 Å². The van der Waals surface area contributed by atoms with E-state index in [1.165, 1.54) is 0 Å². The molecule has 2 atom stereocenters. The van der Waals surface area contributed by atoms with Crippen molar-refractivity contribution in [3.05, 3.63) is 54.4 Å². The van der Waals surface area contributed by atoms with Gasteiger partial charge in [0.25, 0.3) is 0 Å². The third-order valence-electron chi connectivity index (χ3n) is 4.08. The number of ether oxygens (including phenoxy) is 2. The zero-order valence-corrected chi connectivity index (χ0v) is 14.3. The number of pyridine rings is 1. The quantitative estimate of drug-likeness (QED) is 0.843. The van der Waals surface area contributed by atoms with E-state index in [1.54, 1.807) is 12.4 Å². The zero-order valence-electron chi connectivity index (χ0n) is 14.3. The van der Waals surface area contributed by atoms with E-state index >= 15 is 0 Å². The van der Waals surface area contributed by atoms with Gasteiger partial charge in [0.15, 0.2) is 0 Å². The highest BCUT2D eigenvalue weighted by Crippen LogP contribution is 2.20. The number of carbonyl (C=O) groups is 1. The molecule has 1 aromatic carbocycles. The summed E-state index contributed by atoms with van der Waals surface area (Å²) < 4.78 is 11.3. The number of benzene rings is 1. The minimum absolute atomic E-state index is 0.132. The van der Waals surface area contributed by atoms with Gasteiger partial charge in [-0.05, 0) is 43.5 Å². The summed E-state index contributed by atoms with van der Waals surface area (Å²) in [5, 5.41) is 5.72. The monoisotopic (exact) mass is 341 g/mol. The summed E-state index contributed by atoms with van der Waals surface area (Å²) in [7, 11) is 0. The number of aromatic nitrogens is 1. The molecule has 0 aliphatic carbocycles. The van der Waals surface area contributed by atoms with Crippen molar-refractivity contribution in [1.82, 2.24) is 10.3 Å². The third kappa shape index (κ3) is 5.19. The van der Waals surface area contributed by atoms with E-state index in [-0.39, 0.29) is 18.2 Å². The molecule has 6 heteroatoms. The van der Waals surface area contributed by atoms with Crippen LogP contribution >= 0.6 is 0 Å². The van der Waals surface area contributed by atoms with Crippen LogP contribution in [0.1, 0.15) is 31.4 Å². The topological polar surface area (TPSA) is 72.5 Å². The van der Waals surface area contributed by atoms with Gasteiger partial charge in [-0.1, -0.05) is 12.1 Å². The molecule has 0 spiro atoms. The first-order valence-electron chi connectivity index (χ1n) is 8.52. The fourth-order valence-electron chi connectivity index (χ4n) is 2.71. The smallest absolute Gasteiger partial charge is 0.319 e. The summed E-state index contributed by atoms with van der Waals surface area (Å²) in [6.07, 6.45) is 5.74. The van der Waals surface area contributed by atoms with E-state index < -0.39 is 0 Å². The van der Waals surface area contributed by atoms with E-state index in [0.29, 0.717) is 18.0 Å². The zero-order chi connectivity index (χ0) is 17.5. The Bertz CT molecular complexity index is 687. The molecular formula is C19H23N3O3. The maximum absolute atomic E-state index is 12.2. The molecule has 1 aliphatic heterocycles. The van der Waals surface area contributed by atoms with Crippen LogP contribution in [0.5, 0.6) is 5.75 Å². The van der Waals surface area contributed by atoms with Crippen LogP contribution in [0, 0.1) is 0 Å². The van der Waals surface area contributed by atoms with Crippen molar-refractivity contribution in [2.24, 2.45) is 0 Å². The minimum Gasteiger partial charge on any atom is -0.491 e. The maximum Gasteiger partial charge on any atom is 0.319 e. The van der Waals surface area contributed by atoms with Crippen molar-refractivity contribution in [2.45, 2.75) is 31.9 Å². The number of hydrogen-bond donors (Lipinski definition) is 2. The summed E-state index contributed by atoms with van der Waals surface area (Å²) in [6, 6.07) is 10.7. The lowest BCUT2D eigenvalue weighted by atomic mass is 10.1. The number of urea groups is 1. The van der Waals surface area contributed by atoms with Crippen LogP contribution in [0.2, 0.25) is 0 Å². The number of carbonyl (C=O) groups excluding carboxylic acids is 1. The van der Waals surface area contributed by atoms with Gasteiger partial charge < -0.3 is 20.1 Å². The largest absolute Gasteiger partial charge is 0.491 e. The van der Waals surface area contributed by atoms with Crippen LogP contribution in [0.15, 0.2) is 48.8 Å². The first-order valence-corrected chi connectivity index (χ1v) is 8.52. The van der Waals surface area contributed by atoms with Crippen molar-refractivity contribution in [3.8, 4) is 5.75 Å². The number of hydrogen-bond acceptors (Lipinski definition) is 4. The van der Waals surface area contributed by atoms with Gasteiger partial charge in [0.1, 0.15) is 12.4 Å². The lowest BCUT2D eigenvalue weighted by Gasteiger charge is -2.15. The van der Waals surface area contributed by atoms with Crippen LogP contribution in [0.4, 0.5) is 10.5 Å². The van der Waals surface area contributed by atoms with Crippen molar-refractivity contribution in [2.75, 3.05) is 18.5 Å². The molecule has 0 unspecified atom stereocenters. The highest BCUT2D eigenvalue weighted by Gasteiger charge is 2.16. The van der Waals surface area contributed by atoms with Gasteiger partial charge in [-0.3, -0.25) is 4.98 Å². The van der Waals surface area contributed by atoms with Crippen LogP contribution in [0.3, 0.4) is 0 Å². The van der Waals surface area contributed by atoms with Gasteiger partial charge in [-0.15, -0.1) is 0 Å². The Morgan fingerprint density at radius 2 is 2.32 bits per heavy atom. The molecule has 1 aliphatic rings. The Balaban J connectivity index is 1.51. The first kappa shape index (κ1) is 17.2. The summed E-state index contributed by atoms with van der Waals surface area (Å²) in [6.45, 7) is 3.26. The molecule has 6 nitrogen and oxygen atoms in total. The molecule has 1 saturated heterocycles. The molecule has 0 saturated carbocycles. The Morgan fingerprint density at radius 3 is 3.08 bits per heavy atom. The predicted molar refractivity (Wildman–Crippen MR) is 95.7 cm³/mol. The second kappa shape index (κ2) is 8.48. The molecule has 1 aromatic heterocycles. The lowest BCUT2D eigenvalue weighted by Crippen LogP contribution is -2.31. The van der Waals surface area contributed by atoms with Crippen LogP contribution < -0.4 is 15.4 Å². The summed E-state index contributed by atoms with van der Waals surface area (Å²) in [5.74, 6) is 0.716. The van der Waals surface area contributed by atoms with Crippen molar-refractivity contribution in [3.63, 3.8) is 0 Å². The van der Waals surface area contributed by atoms with Gasteiger partial charge in [-0.25, -0.2) is 4.79 Å². The normalized spacial score (nSPS) is 17.7. The number of nitrogens with one attached hydrogen (secondary N) is 2. The molecule has 2 aromatic rings. The first-order chi connectivity index (χ1) is 12.2. The average molecular weight is 341 g/mol. The van der Waals surface area contributed by atoms with Gasteiger partial charge in [-0.2, -0.15) is 0 Å². The number of rotatable bonds is 6. The van der Waals surface area contributed by atoms with Crippen molar-refractivity contribution in [1.29, 1.82) is 0 Å². The second-order valence-corrected chi connectivity index (χ2v) is 6.08. The van der Waals surface area contributed by atoms with Gasteiger partial charge in [0.2, 0.25) is 0 Å². The maximum atomic E-state index is 12.2. The molecule has 2 amide bonds. The fourth-order valence-corrected chi connectivity index (χ4v) is 2.71. The Morgan fingerprint density at radius 1 is 1.40 bits per heavy atom. The SMILES string of the molecule is C[C@H](NC(=O)Nc1cccc(OC[C@H]2CCCO2)c1)c1cccnc1. The molecule has 3 rings (SSSR count). The molecule has 2 N–H and O–H groups in total. The van der Waals surface area contributed by atoms with Crippen LogP contribution in [-0.2, 0) is 4.74 Å².